The normalized spacial score (nSPS) is 20.5. The zero-order chi connectivity index (χ0) is 48.8. The van der Waals surface area contributed by atoms with Crippen LogP contribution in [0.2, 0.25) is 5.02 Å². The van der Waals surface area contributed by atoms with Gasteiger partial charge in [-0.1, -0.05) is 91.3 Å². The summed E-state index contributed by atoms with van der Waals surface area (Å²) in [5.74, 6) is -0.652. The number of aliphatic hydroxyl groups is 1. The van der Waals surface area contributed by atoms with Crippen molar-refractivity contribution in [3.8, 4) is 22.3 Å². The molecule has 358 valence electrons. The molecule has 0 spiro atoms. The first-order valence-electron chi connectivity index (χ1n) is 23.0. The smallest absolute Gasteiger partial charge is 0.251 e. The van der Waals surface area contributed by atoms with Gasteiger partial charge in [0.05, 0.1) is 38.8 Å². The lowest BCUT2D eigenvalue weighted by molar-refractivity contribution is -0.164. The molecule has 67 heavy (non-hydrogen) atoms. The van der Waals surface area contributed by atoms with E-state index in [9.17, 15) is 29.5 Å². The van der Waals surface area contributed by atoms with Crippen molar-refractivity contribution < 1.29 is 33.8 Å². The molecule has 1 aliphatic heterocycles. The van der Waals surface area contributed by atoms with E-state index in [-0.39, 0.29) is 66.6 Å². The van der Waals surface area contributed by atoms with Crippen molar-refractivity contribution in [2.75, 3.05) is 31.6 Å². The lowest BCUT2D eigenvalue weighted by Gasteiger charge is -2.63. The Balaban J connectivity index is 0.906. The molecule has 1 aliphatic carbocycles. The average Bonchev–Trinajstić information content (AvgIpc) is 3.90. The predicted octanol–water partition coefficient (Wildman–Crippen LogP) is 8.72. The number of ether oxygens (including phenoxy) is 2. The van der Waals surface area contributed by atoms with Gasteiger partial charge in [-0.15, -0.1) is 11.3 Å². The van der Waals surface area contributed by atoms with Crippen LogP contribution in [0.15, 0.2) is 72.2 Å². The number of benzene rings is 3. The van der Waals surface area contributed by atoms with Crippen LogP contribution in [0.5, 0.6) is 5.75 Å². The fraction of sp³-hybridized carbons (Fsp3) is 0.500. The molecule has 0 radical (unpaired) electrons. The molecule has 3 amide bonds. The number of ketones is 1. The van der Waals surface area contributed by atoms with Gasteiger partial charge in [-0.3, -0.25) is 19.2 Å². The largest absolute Gasteiger partial charge is 0.489 e. The number of hydrogen-bond acceptors (Lipinski definition) is 11. The second kappa shape index (κ2) is 21.3. The first kappa shape index (κ1) is 51.1. The molecule has 4 atom stereocenters. The zero-order valence-electron chi connectivity index (χ0n) is 40.1. The molecule has 4 N–H and O–H groups in total. The van der Waals surface area contributed by atoms with E-state index in [1.165, 1.54) is 4.90 Å². The minimum Gasteiger partial charge on any atom is -0.489 e. The molecule has 1 saturated heterocycles. The van der Waals surface area contributed by atoms with Gasteiger partial charge in [-0.05, 0) is 78.6 Å². The maximum atomic E-state index is 14.1. The van der Waals surface area contributed by atoms with Crippen LogP contribution in [0, 0.1) is 34.5 Å². The number of nitrogens with zero attached hydrogens (tertiary/aromatic N) is 3. The van der Waals surface area contributed by atoms with Crippen LogP contribution in [0.25, 0.3) is 10.4 Å². The number of aliphatic hydroxyl groups excluding tert-OH is 1. The van der Waals surface area contributed by atoms with Gasteiger partial charge in [0.15, 0.2) is 5.78 Å². The summed E-state index contributed by atoms with van der Waals surface area (Å²) in [4.78, 5) is 61.3. The van der Waals surface area contributed by atoms with Gasteiger partial charge in [0.25, 0.3) is 5.91 Å². The predicted molar refractivity (Wildman–Crippen MR) is 262 cm³/mol. The van der Waals surface area contributed by atoms with E-state index < -0.39 is 35.4 Å². The lowest BCUT2D eigenvalue weighted by Crippen LogP contribution is -2.74. The van der Waals surface area contributed by atoms with Crippen LogP contribution < -0.4 is 20.7 Å². The maximum Gasteiger partial charge on any atom is 0.251 e. The van der Waals surface area contributed by atoms with E-state index in [0.29, 0.717) is 41.5 Å². The standard InChI is InChI=1S/C52H65ClN6O7S/c1-31(33-12-14-34(15-13-33)44-32(2)56-30-67-44)24-42(61)41-25-38(60)28-59(41)47(64)45(50(3,4)5)57-43(62)29-65-23-11-10-22-55-37-19-16-35(17-20-37)46(63)58-48-51(6,7)49(52(48,8)9)66-39-21-18-36(27-54)40(53)26-39/h12-21,26,30-31,38,41,45,48-49,55,60H,10-11,22-25,28-29H2,1-9H3,(H,57,62)(H,58,63)/t31-,38-,41+,45-,48?,49?/m1/s1. The number of rotatable bonds is 19. The Bertz CT molecular complexity index is 2430. The summed E-state index contributed by atoms with van der Waals surface area (Å²) in [7, 11) is 0. The number of carbonyl (C=O) groups excluding carboxylic acids is 4. The molecule has 1 aromatic heterocycles. The monoisotopic (exact) mass is 952 g/mol. The minimum absolute atomic E-state index is 0.0213. The highest BCUT2D eigenvalue weighted by molar-refractivity contribution is 7.13. The Morgan fingerprint density at radius 3 is 2.31 bits per heavy atom. The number of aromatic nitrogens is 1. The van der Waals surface area contributed by atoms with Crippen molar-refractivity contribution in [2.45, 2.75) is 124 Å². The maximum absolute atomic E-state index is 14.1. The highest BCUT2D eigenvalue weighted by Crippen LogP contribution is 2.55. The second-order valence-corrected chi connectivity index (χ2v) is 21.5. The van der Waals surface area contributed by atoms with Gasteiger partial charge in [0, 0.05) is 66.7 Å². The number of thiazole rings is 1. The summed E-state index contributed by atoms with van der Waals surface area (Å²) in [5.41, 5.74) is 5.23. The quantitative estimate of drug-likeness (QED) is 0.0664. The summed E-state index contributed by atoms with van der Waals surface area (Å²) in [6.07, 6.45) is 0.759. The molecule has 2 fully saturated rings. The summed E-state index contributed by atoms with van der Waals surface area (Å²) >= 11 is 7.83. The molecule has 1 saturated carbocycles. The van der Waals surface area contributed by atoms with E-state index in [2.05, 4.69) is 54.7 Å². The average molecular weight is 954 g/mol. The van der Waals surface area contributed by atoms with Crippen LogP contribution in [-0.4, -0.2) is 95.1 Å². The molecule has 0 bridgehead atoms. The number of anilines is 1. The fourth-order valence-electron chi connectivity index (χ4n) is 9.75. The van der Waals surface area contributed by atoms with Gasteiger partial charge in [0.2, 0.25) is 11.8 Å². The van der Waals surface area contributed by atoms with Crippen molar-refractivity contribution in [1.29, 1.82) is 5.26 Å². The third kappa shape index (κ3) is 12.0. The number of unbranched alkanes of at least 4 members (excludes halogenated alkanes) is 1. The summed E-state index contributed by atoms with van der Waals surface area (Å²) in [6.45, 7) is 18.6. The molecular weight excluding hydrogens is 888 g/mol. The van der Waals surface area contributed by atoms with Gasteiger partial charge < -0.3 is 35.4 Å². The molecule has 2 aliphatic rings. The lowest BCUT2D eigenvalue weighted by atomic mass is 9.49. The first-order chi connectivity index (χ1) is 31.6. The Labute approximate surface area is 404 Å². The highest BCUT2D eigenvalue weighted by atomic mass is 35.5. The van der Waals surface area contributed by atoms with Gasteiger partial charge in [0.1, 0.15) is 30.6 Å². The number of amides is 3. The van der Waals surface area contributed by atoms with E-state index in [4.69, 9.17) is 21.1 Å². The molecule has 0 unspecified atom stereocenters. The van der Waals surface area contributed by atoms with Crippen LogP contribution in [0.3, 0.4) is 0 Å². The summed E-state index contributed by atoms with van der Waals surface area (Å²) < 4.78 is 12.1. The van der Waals surface area contributed by atoms with E-state index in [1.54, 1.807) is 41.7 Å². The Morgan fingerprint density at radius 1 is 1.01 bits per heavy atom. The molecular formula is C52H65ClN6O7S. The number of carbonyl (C=O) groups is 4. The van der Waals surface area contributed by atoms with Crippen LogP contribution in [0.1, 0.15) is 114 Å². The van der Waals surface area contributed by atoms with E-state index in [0.717, 1.165) is 33.8 Å². The van der Waals surface area contributed by atoms with E-state index >= 15 is 0 Å². The molecule has 15 heteroatoms. The number of Topliss-reactive ketones (excluding diaryl/α,β-unsaturated/α-hetero) is 1. The Morgan fingerprint density at radius 2 is 1.70 bits per heavy atom. The van der Waals surface area contributed by atoms with E-state index in [1.807, 2.05) is 76.5 Å². The third-order valence-corrected chi connectivity index (χ3v) is 14.5. The minimum atomic E-state index is -0.934. The molecule has 4 aromatic rings. The molecule has 6 rings (SSSR count). The van der Waals surface area contributed by atoms with Crippen LogP contribution >= 0.6 is 22.9 Å². The number of halogens is 1. The summed E-state index contributed by atoms with van der Waals surface area (Å²) in [5, 5.41) is 29.7. The van der Waals surface area contributed by atoms with Gasteiger partial charge in [-0.25, -0.2) is 4.98 Å². The number of nitrogens with one attached hydrogen (secondary N) is 3. The third-order valence-electron chi connectivity index (χ3n) is 13.2. The number of aryl methyl sites for hydroxylation is 1. The zero-order valence-corrected chi connectivity index (χ0v) is 41.6. The van der Waals surface area contributed by atoms with Crippen molar-refractivity contribution >= 4 is 52.1 Å². The second-order valence-electron chi connectivity index (χ2n) is 20.3. The molecule has 13 nitrogen and oxygen atoms in total. The van der Waals surface area contributed by atoms with Crippen LogP contribution in [0.4, 0.5) is 5.69 Å². The molecule has 3 aromatic carbocycles. The van der Waals surface area contributed by atoms with Crippen molar-refractivity contribution in [2.24, 2.45) is 16.2 Å². The topological polar surface area (TPSA) is 183 Å². The fourth-order valence-corrected chi connectivity index (χ4v) is 10.8. The first-order valence-corrected chi connectivity index (χ1v) is 24.3. The van der Waals surface area contributed by atoms with Gasteiger partial charge >= 0.3 is 0 Å². The van der Waals surface area contributed by atoms with Crippen molar-refractivity contribution in [3.63, 3.8) is 0 Å². The summed E-state index contributed by atoms with van der Waals surface area (Å²) in [6, 6.07) is 20.7. The Kier molecular flexibility index (Phi) is 16.2. The van der Waals surface area contributed by atoms with Crippen molar-refractivity contribution in [3.05, 3.63) is 99.6 Å². The van der Waals surface area contributed by atoms with Crippen molar-refractivity contribution in [1.82, 2.24) is 20.5 Å². The highest BCUT2D eigenvalue weighted by Gasteiger charge is 2.64. The number of β-amino-alcohol motifs (C(OH)–C–C–N with tert-alkyl or cyclic N) is 1. The number of nitriles is 1. The Hall–Kier alpha value is -5.33. The number of likely N-dealkylation sites (tertiary alicyclic amines) is 1. The molecule has 2 heterocycles. The van der Waals surface area contributed by atoms with Gasteiger partial charge in [-0.2, -0.15) is 5.26 Å². The van der Waals surface area contributed by atoms with Crippen LogP contribution in [-0.2, 0) is 19.1 Å². The number of hydrogen-bond donors (Lipinski definition) is 4. The SMILES string of the molecule is Cc1ncsc1-c1ccc([C@H](C)CC(=O)[C@@H]2C[C@@H](O)CN2C(=O)[C@@H](NC(=O)COCCCCNc2ccc(C(=O)NC3C(C)(C)C(Oc4ccc(C#N)c(Cl)c4)C3(C)C)cc2)C(C)(C)C)cc1.